The van der Waals surface area contributed by atoms with E-state index in [0.29, 0.717) is 24.2 Å². The first-order chi connectivity index (χ1) is 20.7. The van der Waals surface area contributed by atoms with Gasteiger partial charge in [0.2, 0.25) is 0 Å². The van der Waals surface area contributed by atoms with Crippen LogP contribution in [0.4, 0.5) is 0 Å². The Balaban J connectivity index is 1.28. The van der Waals surface area contributed by atoms with Crippen LogP contribution < -0.4 is 0 Å². The van der Waals surface area contributed by atoms with Crippen LogP contribution in [0.2, 0.25) is 0 Å². The lowest BCUT2D eigenvalue weighted by molar-refractivity contribution is -0.334. The lowest BCUT2D eigenvalue weighted by atomic mass is 9.77. The van der Waals surface area contributed by atoms with Crippen molar-refractivity contribution in [2.75, 3.05) is 13.7 Å². The molecule has 1 radical (unpaired) electrons. The molecular weight excluding hydrogens is 560 g/mol. The summed E-state index contributed by atoms with van der Waals surface area (Å²) in [5, 5.41) is 21.4. The number of rotatable bonds is 9. The molecule has 0 aliphatic carbocycles. The first-order valence-electron chi connectivity index (χ1n) is 17.7. The average molecular weight is 624 g/mol. The van der Waals surface area contributed by atoms with E-state index in [1.165, 1.54) is 0 Å². The maximum absolute atomic E-state index is 11.2. The van der Waals surface area contributed by atoms with E-state index in [4.69, 9.17) is 28.4 Å². The molecule has 2 unspecified atom stereocenters. The Bertz CT molecular complexity index is 976. The fraction of sp³-hybridized carbons (Fsp3) is 0.972. The van der Waals surface area contributed by atoms with Crippen LogP contribution in [0.5, 0.6) is 0 Å². The van der Waals surface area contributed by atoms with Crippen molar-refractivity contribution in [3.63, 3.8) is 0 Å². The molecule has 0 aromatic heterocycles. The van der Waals surface area contributed by atoms with Crippen LogP contribution in [0.15, 0.2) is 0 Å². The molecule has 0 aromatic carbocycles. The lowest BCUT2D eigenvalue weighted by Gasteiger charge is -2.48. The first kappa shape index (κ1) is 35.0. The summed E-state index contributed by atoms with van der Waals surface area (Å²) in [4.78, 5) is 0. The van der Waals surface area contributed by atoms with Gasteiger partial charge in [-0.1, -0.05) is 48.5 Å². The number of hydrogen-bond donors (Lipinski definition) is 2. The normalized spacial score (nSPS) is 52.9. The Hall–Kier alpha value is -0.320. The lowest BCUT2D eigenvalue weighted by Crippen LogP contribution is -2.56. The molecule has 0 amide bonds. The number of methoxy groups -OCH3 is 1. The average Bonchev–Trinajstić information content (AvgIpc) is 3.70. The molecule has 0 bridgehead atoms. The zero-order valence-electron chi connectivity index (χ0n) is 29.2. The van der Waals surface area contributed by atoms with E-state index < -0.39 is 23.1 Å². The zero-order valence-corrected chi connectivity index (χ0v) is 29.2. The maximum atomic E-state index is 11.2. The number of hydrogen-bond acceptors (Lipinski definition) is 8. The van der Waals surface area contributed by atoms with Gasteiger partial charge in [0.05, 0.1) is 66.1 Å². The second kappa shape index (κ2) is 12.9. The highest BCUT2D eigenvalue weighted by Crippen LogP contribution is 2.54. The molecule has 16 atom stereocenters. The summed E-state index contributed by atoms with van der Waals surface area (Å²) in [7, 11) is 1.73. The van der Waals surface area contributed by atoms with Gasteiger partial charge in [0.15, 0.2) is 5.79 Å². The van der Waals surface area contributed by atoms with Crippen LogP contribution in [0.1, 0.15) is 114 Å². The van der Waals surface area contributed by atoms with E-state index >= 15 is 0 Å². The van der Waals surface area contributed by atoms with Gasteiger partial charge < -0.3 is 38.6 Å². The van der Waals surface area contributed by atoms with Crippen molar-refractivity contribution in [1.82, 2.24) is 0 Å². The topological polar surface area (TPSA) is 95.8 Å². The van der Waals surface area contributed by atoms with Crippen molar-refractivity contribution >= 4 is 0 Å². The van der Waals surface area contributed by atoms with Crippen LogP contribution in [0, 0.1) is 36.0 Å². The zero-order chi connectivity index (χ0) is 32.2. The molecule has 5 aliphatic heterocycles. The van der Waals surface area contributed by atoms with E-state index in [-0.39, 0.29) is 60.7 Å². The summed E-state index contributed by atoms with van der Waals surface area (Å²) in [6.07, 6.45) is 7.88. The highest BCUT2D eigenvalue weighted by Gasteiger charge is 2.62. The van der Waals surface area contributed by atoms with Gasteiger partial charge in [-0.2, -0.15) is 0 Å². The monoisotopic (exact) mass is 623 g/mol. The summed E-state index contributed by atoms with van der Waals surface area (Å²) in [6, 6.07) is 0. The maximum Gasteiger partial charge on any atom is 0.172 e. The van der Waals surface area contributed by atoms with Gasteiger partial charge in [0.25, 0.3) is 0 Å². The first-order valence-corrected chi connectivity index (χ1v) is 17.7. The predicted octanol–water partition coefficient (Wildman–Crippen LogP) is 5.85. The van der Waals surface area contributed by atoms with E-state index in [2.05, 4.69) is 54.9 Å². The number of aliphatic hydroxyl groups excluding tert-OH is 2. The van der Waals surface area contributed by atoms with Crippen LogP contribution in [0.25, 0.3) is 0 Å². The SMILES string of the molecule is C[CH][C@H](OC)[C@H](C)[C@H]1OC2(CC[C@@](C)([C@H]3CC[C@@](CC)([C@@H]4OC([C@H]5O[C@@](C)(CO)[C@H](C)C[C@@H]5C)C[C@@H]4C)O3)O2)C[C@H](O)[C@H]1C. The van der Waals surface area contributed by atoms with Gasteiger partial charge in [-0.05, 0) is 76.5 Å². The van der Waals surface area contributed by atoms with Gasteiger partial charge in [-0.25, -0.2) is 0 Å². The third kappa shape index (κ3) is 6.06. The van der Waals surface area contributed by atoms with Gasteiger partial charge in [0, 0.05) is 31.8 Å². The third-order valence-corrected chi connectivity index (χ3v) is 12.9. The summed E-state index contributed by atoms with van der Waals surface area (Å²) in [5.41, 5.74) is -1.43. The minimum Gasteiger partial charge on any atom is -0.393 e. The smallest absolute Gasteiger partial charge is 0.172 e. The van der Waals surface area contributed by atoms with E-state index in [1.807, 2.05) is 13.8 Å². The van der Waals surface area contributed by atoms with Crippen molar-refractivity contribution in [2.45, 2.75) is 179 Å². The molecule has 5 rings (SSSR count). The molecule has 1 spiro atoms. The fourth-order valence-corrected chi connectivity index (χ4v) is 9.69. The largest absolute Gasteiger partial charge is 0.393 e. The molecule has 5 fully saturated rings. The van der Waals surface area contributed by atoms with Crippen LogP contribution in [-0.4, -0.2) is 89.2 Å². The summed E-state index contributed by atoms with van der Waals surface area (Å²) < 4.78 is 40.3. The van der Waals surface area contributed by atoms with Crippen molar-refractivity contribution in [2.24, 2.45) is 29.6 Å². The Morgan fingerprint density at radius 3 is 2.36 bits per heavy atom. The van der Waals surface area contributed by atoms with Crippen molar-refractivity contribution in [3.8, 4) is 0 Å². The Labute approximate surface area is 267 Å². The van der Waals surface area contributed by atoms with Crippen molar-refractivity contribution in [3.05, 3.63) is 6.42 Å². The molecule has 8 nitrogen and oxygen atoms in total. The van der Waals surface area contributed by atoms with Gasteiger partial charge in [-0.3, -0.25) is 0 Å². The van der Waals surface area contributed by atoms with Crippen molar-refractivity contribution in [1.29, 1.82) is 0 Å². The summed E-state index contributed by atoms with van der Waals surface area (Å²) in [6.45, 7) is 19.4. The molecule has 0 aromatic rings. The summed E-state index contributed by atoms with van der Waals surface area (Å²) >= 11 is 0. The van der Waals surface area contributed by atoms with Crippen LogP contribution in [-0.2, 0) is 28.4 Å². The fourth-order valence-electron chi connectivity index (χ4n) is 9.69. The summed E-state index contributed by atoms with van der Waals surface area (Å²) in [5.74, 6) is 0.254. The quantitative estimate of drug-likeness (QED) is 0.331. The number of ether oxygens (including phenoxy) is 6. The molecule has 5 saturated heterocycles. The Morgan fingerprint density at radius 1 is 1.00 bits per heavy atom. The van der Waals surface area contributed by atoms with E-state index in [9.17, 15) is 10.2 Å². The predicted molar refractivity (Wildman–Crippen MR) is 169 cm³/mol. The Kier molecular flexibility index (Phi) is 10.3. The molecule has 5 aliphatic rings. The van der Waals surface area contributed by atoms with Gasteiger partial charge >= 0.3 is 0 Å². The molecule has 0 saturated carbocycles. The van der Waals surface area contributed by atoms with E-state index in [0.717, 1.165) is 44.9 Å². The molecule has 2 N–H and O–H groups in total. The standard InChI is InChI=1S/C36H63O8/c1-11-27(39-10)25(7)31-24(6)26(38)19-36(43-31)16-15-33(8,44-36)29-13-14-35(12-2,41-29)32-22(4)18-28(40-32)30-21(3)17-23(5)34(9,20-37)42-30/h11,21-32,37-38H,12-20H2,1-10H3/t21-,22-,23+,24+,25-,26-,27-,28?,29+,30-,31-,32+,33-,34-,35-,36?/m0/s1. The molecule has 44 heavy (non-hydrogen) atoms. The molecular formula is C36H63O8. The Morgan fingerprint density at radius 2 is 1.73 bits per heavy atom. The second-order valence-electron chi connectivity index (χ2n) is 16.0. The van der Waals surface area contributed by atoms with Crippen molar-refractivity contribution < 1.29 is 38.6 Å². The highest BCUT2D eigenvalue weighted by molar-refractivity contribution is 5.08. The van der Waals surface area contributed by atoms with Gasteiger partial charge in [-0.15, -0.1) is 0 Å². The number of aliphatic hydroxyl groups is 2. The molecule has 255 valence electrons. The third-order valence-electron chi connectivity index (χ3n) is 12.9. The highest BCUT2D eigenvalue weighted by atomic mass is 16.7. The van der Waals surface area contributed by atoms with Crippen LogP contribution >= 0.6 is 0 Å². The second-order valence-corrected chi connectivity index (χ2v) is 16.0. The van der Waals surface area contributed by atoms with Crippen LogP contribution in [0.3, 0.4) is 0 Å². The molecule has 5 heterocycles. The van der Waals surface area contributed by atoms with Gasteiger partial charge in [0.1, 0.15) is 0 Å². The molecule has 8 heteroatoms. The minimum absolute atomic E-state index is 0.00892. The minimum atomic E-state index is -0.820. The van der Waals surface area contributed by atoms with E-state index in [1.54, 1.807) is 7.11 Å².